The molecule has 0 aromatic heterocycles. The Morgan fingerprint density at radius 3 is 2.35 bits per heavy atom. The molecule has 0 aromatic rings. The molecule has 2 unspecified atom stereocenters. The fourth-order valence-electron chi connectivity index (χ4n) is 2.96. The molecule has 1 saturated heterocycles. The summed E-state index contributed by atoms with van der Waals surface area (Å²) >= 11 is 0. The second-order valence-corrected chi connectivity index (χ2v) is 6.05. The van der Waals surface area contributed by atoms with Crippen molar-refractivity contribution in [3.05, 3.63) is 0 Å². The van der Waals surface area contributed by atoms with E-state index in [2.05, 4.69) is 24.5 Å². The van der Waals surface area contributed by atoms with Gasteiger partial charge >= 0.3 is 0 Å². The number of amides is 1. The summed E-state index contributed by atoms with van der Waals surface area (Å²) in [6, 6.07) is 0.969. The van der Waals surface area contributed by atoms with Crippen molar-refractivity contribution in [1.82, 2.24) is 10.6 Å². The molecule has 2 fully saturated rings. The molecule has 1 heterocycles. The maximum atomic E-state index is 12.1. The minimum atomic E-state index is 0.283. The third-order valence-corrected chi connectivity index (χ3v) is 4.39. The molecule has 0 spiro atoms. The van der Waals surface area contributed by atoms with Gasteiger partial charge in [-0.3, -0.25) is 4.79 Å². The van der Waals surface area contributed by atoms with Gasteiger partial charge in [-0.15, -0.1) is 0 Å². The van der Waals surface area contributed by atoms with Gasteiger partial charge in [-0.05, 0) is 51.4 Å². The van der Waals surface area contributed by atoms with Crippen molar-refractivity contribution in [2.24, 2.45) is 11.8 Å². The molecule has 0 bridgehead atoms. The first-order valence-electron chi connectivity index (χ1n) is 7.19. The van der Waals surface area contributed by atoms with E-state index in [1.807, 2.05) is 0 Å². The van der Waals surface area contributed by atoms with Crippen molar-refractivity contribution >= 4 is 5.91 Å². The van der Waals surface area contributed by atoms with Gasteiger partial charge in [0.1, 0.15) is 0 Å². The molecule has 1 saturated carbocycles. The molecule has 2 aliphatic rings. The van der Waals surface area contributed by atoms with Gasteiger partial charge in [-0.1, -0.05) is 6.92 Å². The van der Waals surface area contributed by atoms with Gasteiger partial charge in [-0.2, -0.15) is 0 Å². The molecule has 3 heteroatoms. The Hall–Kier alpha value is -0.570. The second-order valence-electron chi connectivity index (χ2n) is 6.05. The smallest absolute Gasteiger partial charge is 0.223 e. The summed E-state index contributed by atoms with van der Waals surface area (Å²) in [5.74, 6) is 1.40. The van der Waals surface area contributed by atoms with Crippen LogP contribution in [0.25, 0.3) is 0 Å². The van der Waals surface area contributed by atoms with E-state index in [0.29, 0.717) is 18.0 Å². The monoisotopic (exact) mass is 238 g/mol. The fraction of sp³-hybridized carbons (Fsp3) is 0.929. The lowest BCUT2D eigenvalue weighted by atomic mass is 9.82. The molecule has 1 aliphatic heterocycles. The first kappa shape index (κ1) is 12.9. The maximum Gasteiger partial charge on any atom is 0.223 e. The molecule has 1 amide bonds. The Balaban J connectivity index is 1.73. The van der Waals surface area contributed by atoms with Crippen LogP contribution in [0.1, 0.15) is 52.4 Å². The average Bonchev–Trinajstić information content (AvgIpc) is 2.33. The number of carbonyl (C=O) groups is 1. The zero-order chi connectivity index (χ0) is 12.3. The van der Waals surface area contributed by atoms with Crippen LogP contribution in [-0.4, -0.2) is 24.5 Å². The first-order chi connectivity index (χ1) is 8.15. The minimum absolute atomic E-state index is 0.283. The van der Waals surface area contributed by atoms with Crippen LogP contribution in [0, 0.1) is 11.8 Å². The molecule has 2 atom stereocenters. The summed E-state index contributed by atoms with van der Waals surface area (Å²) < 4.78 is 0. The predicted molar refractivity (Wildman–Crippen MR) is 69.8 cm³/mol. The van der Waals surface area contributed by atoms with Crippen LogP contribution in [0.5, 0.6) is 0 Å². The lowest BCUT2D eigenvalue weighted by Gasteiger charge is -2.31. The maximum absolute atomic E-state index is 12.1. The van der Waals surface area contributed by atoms with Crippen molar-refractivity contribution in [1.29, 1.82) is 0 Å². The number of carbonyl (C=O) groups excluding carboxylic acids is 1. The molecule has 0 radical (unpaired) electrons. The topological polar surface area (TPSA) is 41.1 Å². The molecular formula is C14H26N2O. The SMILES string of the molecule is CC1CCC(C(=O)NC2CCC(C)NC2)CC1. The minimum Gasteiger partial charge on any atom is -0.352 e. The summed E-state index contributed by atoms with van der Waals surface area (Å²) in [5.41, 5.74) is 0. The molecule has 0 aromatic carbocycles. The molecular weight excluding hydrogens is 212 g/mol. The van der Waals surface area contributed by atoms with Gasteiger partial charge in [0.05, 0.1) is 0 Å². The standard InChI is InChI=1S/C14H26N2O/c1-10-3-6-12(7-4-10)14(17)16-13-8-5-11(2)15-9-13/h10-13,15H,3-9H2,1-2H3,(H,16,17). The van der Waals surface area contributed by atoms with Crippen LogP contribution in [0.3, 0.4) is 0 Å². The third-order valence-electron chi connectivity index (χ3n) is 4.39. The van der Waals surface area contributed by atoms with Gasteiger partial charge in [-0.25, -0.2) is 0 Å². The van der Waals surface area contributed by atoms with Crippen LogP contribution < -0.4 is 10.6 Å². The van der Waals surface area contributed by atoms with Crippen molar-refractivity contribution in [3.8, 4) is 0 Å². The van der Waals surface area contributed by atoms with Crippen LogP contribution in [0.2, 0.25) is 0 Å². The van der Waals surface area contributed by atoms with E-state index < -0.39 is 0 Å². The summed E-state index contributed by atoms with van der Waals surface area (Å²) in [6.07, 6.45) is 6.92. The average molecular weight is 238 g/mol. The van der Waals surface area contributed by atoms with Crippen molar-refractivity contribution in [2.45, 2.75) is 64.5 Å². The quantitative estimate of drug-likeness (QED) is 0.773. The lowest BCUT2D eigenvalue weighted by molar-refractivity contribution is -0.127. The van der Waals surface area contributed by atoms with Gasteiger partial charge in [0.25, 0.3) is 0 Å². The van der Waals surface area contributed by atoms with E-state index in [4.69, 9.17) is 0 Å². The Bertz CT molecular complexity index is 251. The second kappa shape index (κ2) is 5.85. The lowest BCUT2D eigenvalue weighted by Crippen LogP contribution is -2.50. The van der Waals surface area contributed by atoms with Crippen LogP contribution in [0.15, 0.2) is 0 Å². The third kappa shape index (κ3) is 3.70. The highest BCUT2D eigenvalue weighted by Crippen LogP contribution is 2.28. The van der Waals surface area contributed by atoms with E-state index in [1.54, 1.807) is 0 Å². The van der Waals surface area contributed by atoms with Crippen molar-refractivity contribution in [3.63, 3.8) is 0 Å². The van der Waals surface area contributed by atoms with E-state index in [0.717, 1.165) is 31.7 Å². The number of piperidine rings is 1. The summed E-state index contributed by atoms with van der Waals surface area (Å²) in [7, 11) is 0. The fourth-order valence-corrected chi connectivity index (χ4v) is 2.96. The van der Waals surface area contributed by atoms with Crippen molar-refractivity contribution < 1.29 is 4.79 Å². The number of hydrogen-bond donors (Lipinski definition) is 2. The Kier molecular flexibility index (Phi) is 4.43. The largest absolute Gasteiger partial charge is 0.352 e. The van der Waals surface area contributed by atoms with E-state index >= 15 is 0 Å². The zero-order valence-corrected chi connectivity index (χ0v) is 11.2. The molecule has 2 N–H and O–H groups in total. The predicted octanol–water partition coefficient (Wildman–Crippen LogP) is 2.07. The first-order valence-corrected chi connectivity index (χ1v) is 7.19. The Morgan fingerprint density at radius 2 is 1.76 bits per heavy atom. The summed E-state index contributed by atoms with van der Waals surface area (Å²) in [6.45, 7) is 5.44. The van der Waals surface area contributed by atoms with Crippen LogP contribution >= 0.6 is 0 Å². The molecule has 2 rings (SSSR count). The van der Waals surface area contributed by atoms with E-state index in [1.165, 1.54) is 19.3 Å². The van der Waals surface area contributed by atoms with E-state index in [-0.39, 0.29) is 5.92 Å². The Labute approximate surface area is 105 Å². The molecule has 17 heavy (non-hydrogen) atoms. The van der Waals surface area contributed by atoms with Crippen molar-refractivity contribution in [2.75, 3.05) is 6.54 Å². The van der Waals surface area contributed by atoms with Crippen LogP contribution in [0.4, 0.5) is 0 Å². The van der Waals surface area contributed by atoms with Gasteiger partial charge in [0.2, 0.25) is 5.91 Å². The van der Waals surface area contributed by atoms with Gasteiger partial charge in [0.15, 0.2) is 0 Å². The van der Waals surface area contributed by atoms with E-state index in [9.17, 15) is 4.79 Å². The Morgan fingerprint density at radius 1 is 1.06 bits per heavy atom. The highest BCUT2D eigenvalue weighted by Gasteiger charge is 2.26. The summed E-state index contributed by atoms with van der Waals surface area (Å²) in [4.78, 5) is 12.1. The number of nitrogens with one attached hydrogen (secondary N) is 2. The normalized spacial score (nSPS) is 38.7. The van der Waals surface area contributed by atoms with Gasteiger partial charge < -0.3 is 10.6 Å². The molecule has 1 aliphatic carbocycles. The highest BCUT2D eigenvalue weighted by atomic mass is 16.1. The zero-order valence-electron chi connectivity index (χ0n) is 11.2. The molecule has 98 valence electrons. The molecule has 3 nitrogen and oxygen atoms in total. The number of hydrogen-bond acceptors (Lipinski definition) is 2. The highest BCUT2D eigenvalue weighted by molar-refractivity contribution is 5.79. The van der Waals surface area contributed by atoms with Crippen LogP contribution in [-0.2, 0) is 4.79 Å². The summed E-state index contributed by atoms with van der Waals surface area (Å²) in [5, 5.41) is 6.66. The van der Waals surface area contributed by atoms with Gasteiger partial charge in [0, 0.05) is 24.5 Å². The number of rotatable bonds is 2.